The van der Waals surface area contributed by atoms with Crippen molar-refractivity contribution in [2.75, 3.05) is 39.1 Å². The van der Waals surface area contributed by atoms with Crippen LogP contribution in [0.3, 0.4) is 0 Å². The monoisotopic (exact) mass is 489 g/mol. The second-order valence-electron chi connectivity index (χ2n) is 8.86. The lowest BCUT2D eigenvalue weighted by atomic mass is 10.2. The minimum absolute atomic E-state index is 0.126. The Morgan fingerprint density at radius 2 is 1.85 bits per heavy atom. The van der Waals surface area contributed by atoms with E-state index in [0.717, 1.165) is 30.6 Å². The number of piperidine rings is 1. The molecule has 34 heavy (non-hydrogen) atoms. The van der Waals surface area contributed by atoms with Crippen LogP contribution in [-0.2, 0) is 21.4 Å². The molecule has 1 amide bonds. The van der Waals surface area contributed by atoms with E-state index in [2.05, 4.69) is 5.32 Å². The average Bonchev–Trinajstić information content (AvgIpc) is 2.80. The van der Waals surface area contributed by atoms with Crippen molar-refractivity contribution < 1.29 is 22.7 Å². The Bertz CT molecular complexity index is 1080. The van der Waals surface area contributed by atoms with Gasteiger partial charge in [0.15, 0.2) is 0 Å². The first-order chi connectivity index (χ1) is 16.2. The summed E-state index contributed by atoms with van der Waals surface area (Å²) in [5.41, 5.74) is 1.37. The van der Waals surface area contributed by atoms with E-state index in [-0.39, 0.29) is 23.5 Å². The molecule has 3 rings (SSSR count). The molecule has 1 heterocycles. The highest BCUT2D eigenvalue weighted by Gasteiger charge is 2.27. The molecule has 1 aliphatic heterocycles. The van der Waals surface area contributed by atoms with Crippen LogP contribution in [0.2, 0.25) is 0 Å². The van der Waals surface area contributed by atoms with Crippen LogP contribution in [-0.4, -0.2) is 63.4 Å². The molecule has 1 fully saturated rings. The van der Waals surface area contributed by atoms with Crippen LogP contribution < -0.4 is 14.8 Å². The Balaban J connectivity index is 1.75. The molecule has 0 radical (unpaired) electrons. The van der Waals surface area contributed by atoms with Gasteiger partial charge in [-0.2, -0.15) is 4.31 Å². The first kappa shape index (κ1) is 26.0. The Morgan fingerprint density at radius 1 is 1.12 bits per heavy atom. The zero-order chi connectivity index (χ0) is 24.7. The number of nitrogens with one attached hydrogen (secondary N) is 1. The zero-order valence-electron chi connectivity index (χ0n) is 20.4. The van der Waals surface area contributed by atoms with E-state index in [1.54, 1.807) is 19.2 Å². The fourth-order valence-corrected chi connectivity index (χ4v) is 5.50. The van der Waals surface area contributed by atoms with Crippen LogP contribution in [0.25, 0.3) is 0 Å². The molecule has 1 N–H and O–H groups in total. The third-order valence-electron chi connectivity index (χ3n) is 5.54. The van der Waals surface area contributed by atoms with Gasteiger partial charge in [-0.15, -0.1) is 0 Å². The van der Waals surface area contributed by atoms with Gasteiger partial charge in [0.1, 0.15) is 11.5 Å². The summed E-state index contributed by atoms with van der Waals surface area (Å²) >= 11 is 0. The van der Waals surface area contributed by atoms with E-state index in [4.69, 9.17) is 9.47 Å². The lowest BCUT2D eigenvalue weighted by Crippen LogP contribution is -2.35. The number of hydrogen-bond acceptors (Lipinski definition) is 6. The van der Waals surface area contributed by atoms with Gasteiger partial charge >= 0.3 is 0 Å². The second-order valence-corrected chi connectivity index (χ2v) is 10.8. The van der Waals surface area contributed by atoms with Crippen molar-refractivity contribution in [3.63, 3.8) is 0 Å². The standard InChI is InChI=1S/C25H35N3O5S/c1-19(2)33-24-12-11-22(34(30,31)28-13-6-5-7-14-28)16-23(24)26-25(29)18-27(3)17-20-9-8-10-21(15-20)32-4/h8-12,15-16,19H,5-7,13-14,17-18H2,1-4H3,(H,26,29). The quantitative estimate of drug-likeness (QED) is 0.547. The molecular weight excluding hydrogens is 454 g/mol. The van der Waals surface area contributed by atoms with E-state index in [0.29, 0.717) is 31.1 Å². The number of methoxy groups -OCH3 is 1. The van der Waals surface area contributed by atoms with Crippen molar-refractivity contribution in [2.45, 2.75) is 50.7 Å². The first-order valence-electron chi connectivity index (χ1n) is 11.6. The number of carbonyl (C=O) groups excluding carboxylic acids is 1. The fraction of sp³-hybridized carbons (Fsp3) is 0.480. The molecule has 2 aromatic carbocycles. The zero-order valence-corrected chi connectivity index (χ0v) is 21.2. The Kier molecular flexibility index (Phi) is 8.93. The molecule has 8 nitrogen and oxygen atoms in total. The highest BCUT2D eigenvalue weighted by molar-refractivity contribution is 7.89. The first-order valence-corrected chi connectivity index (χ1v) is 13.0. The molecule has 0 bridgehead atoms. The maximum Gasteiger partial charge on any atom is 0.243 e. The number of rotatable bonds is 10. The molecule has 2 aromatic rings. The van der Waals surface area contributed by atoms with E-state index in [1.165, 1.54) is 10.4 Å². The Hall–Kier alpha value is -2.62. The highest BCUT2D eigenvalue weighted by atomic mass is 32.2. The van der Waals surface area contributed by atoms with Crippen molar-refractivity contribution in [3.05, 3.63) is 48.0 Å². The fourth-order valence-electron chi connectivity index (χ4n) is 3.95. The number of ether oxygens (including phenoxy) is 2. The van der Waals surface area contributed by atoms with Gasteiger partial charge in [-0.1, -0.05) is 18.6 Å². The topological polar surface area (TPSA) is 88.2 Å². The summed E-state index contributed by atoms with van der Waals surface area (Å²) in [6.45, 7) is 5.48. The van der Waals surface area contributed by atoms with E-state index in [1.807, 2.05) is 50.1 Å². The van der Waals surface area contributed by atoms with Gasteiger partial charge in [-0.25, -0.2) is 8.42 Å². The number of amides is 1. The molecule has 0 unspecified atom stereocenters. The lowest BCUT2D eigenvalue weighted by molar-refractivity contribution is -0.117. The van der Waals surface area contributed by atoms with Crippen LogP contribution in [0, 0.1) is 0 Å². The highest BCUT2D eigenvalue weighted by Crippen LogP contribution is 2.31. The third kappa shape index (κ3) is 6.94. The van der Waals surface area contributed by atoms with Crippen LogP contribution in [0.15, 0.2) is 47.4 Å². The van der Waals surface area contributed by atoms with Gasteiger partial charge in [0.25, 0.3) is 0 Å². The number of benzene rings is 2. The van der Waals surface area contributed by atoms with Crippen molar-refractivity contribution >= 4 is 21.6 Å². The molecule has 186 valence electrons. The predicted octanol–water partition coefficient (Wildman–Crippen LogP) is 3.73. The van der Waals surface area contributed by atoms with Gasteiger partial charge in [-0.05, 0) is 69.6 Å². The molecule has 0 aliphatic carbocycles. The van der Waals surface area contributed by atoms with Crippen LogP contribution in [0.4, 0.5) is 5.69 Å². The summed E-state index contributed by atoms with van der Waals surface area (Å²) in [4.78, 5) is 14.9. The normalized spacial score (nSPS) is 14.9. The van der Waals surface area contributed by atoms with Crippen molar-refractivity contribution in [2.24, 2.45) is 0 Å². The number of sulfonamides is 1. The summed E-state index contributed by atoms with van der Waals surface area (Å²) in [6.07, 6.45) is 2.63. The number of nitrogens with zero attached hydrogens (tertiary/aromatic N) is 2. The summed E-state index contributed by atoms with van der Waals surface area (Å²) in [5.74, 6) is 0.945. The van der Waals surface area contributed by atoms with Gasteiger partial charge in [-0.3, -0.25) is 9.69 Å². The summed E-state index contributed by atoms with van der Waals surface area (Å²) in [6, 6.07) is 12.3. The minimum Gasteiger partial charge on any atom is -0.497 e. The van der Waals surface area contributed by atoms with Crippen molar-refractivity contribution in [3.8, 4) is 11.5 Å². The molecule has 0 aromatic heterocycles. The molecular formula is C25H35N3O5S. The maximum atomic E-state index is 13.1. The molecule has 0 saturated carbocycles. The van der Waals surface area contributed by atoms with E-state index < -0.39 is 10.0 Å². The molecule has 9 heteroatoms. The van der Waals surface area contributed by atoms with Gasteiger partial charge in [0.05, 0.1) is 30.3 Å². The minimum atomic E-state index is -3.63. The van der Waals surface area contributed by atoms with Gasteiger partial charge in [0.2, 0.25) is 15.9 Å². The number of anilines is 1. The average molecular weight is 490 g/mol. The number of hydrogen-bond donors (Lipinski definition) is 1. The number of carbonyl (C=O) groups is 1. The van der Waals surface area contributed by atoms with Gasteiger partial charge in [0, 0.05) is 19.6 Å². The van der Waals surface area contributed by atoms with Crippen LogP contribution >= 0.6 is 0 Å². The summed E-state index contributed by atoms with van der Waals surface area (Å²) in [5, 5.41) is 2.86. The smallest absolute Gasteiger partial charge is 0.243 e. The SMILES string of the molecule is COc1cccc(CN(C)CC(=O)Nc2cc(S(=O)(=O)N3CCCCC3)ccc2OC(C)C)c1. The third-order valence-corrected chi connectivity index (χ3v) is 7.44. The number of likely N-dealkylation sites (N-methyl/N-ethyl adjacent to an activating group) is 1. The van der Waals surface area contributed by atoms with E-state index in [9.17, 15) is 13.2 Å². The van der Waals surface area contributed by atoms with Crippen LogP contribution in [0.5, 0.6) is 11.5 Å². The molecule has 1 saturated heterocycles. The maximum absolute atomic E-state index is 13.1. The largest absolute Gasteiger partial charge is 0.497 e. The van der Waals surface area contributed by atoms with Crippen molar-refractivity contribution in [1.82, 2.24) is 9.21 Å². The summed E-state index contributed by atoms with van der Waals surface area (Å²) in [7, 11) is -0.165. The molecule has 0 atom stereocenters. The molecule has 0 spiro atoms. The van der Waals surface area contributed by atoms with Crippen LogP contribution in [0.1, 0.15) is 38.7 Å². The lowest BCUT2D eigenvalue weighted by Gasteiger charge is -2.26. The van der Waals surface area contributed by atoms with Crippen molar-refractivity contribution in [1.29, 1.82) is 0 Å². The molecule has 1 aliphatic rings. The van der Waals surface area contributed by atoms with E-state index >= 15 is 0 Å². The van der Waals surface area contributed by atoms with Gasteiger partial charge < -0.3 is 14.8 Å². The Labute approximate surface area is 202 Å². The second kappa shape index (κ2) is 11.7. The Morgan fingerprint density at radius 3 is 2.53 bits per heavy atom. The predicted molar refractivity (Wildman–Crippen MR) is 133 cm³/mol. The summed E-state index contributed by atoms with van der Waals surface area (Å²) < 4.78 is 38.9.